The summed E-state index contributed by atoms with van der Waals surface area (Å²) >= 11 is 0. The van der Waals surface area contributed by atoms with Crippen molar-refractivity contribution >= 4 is 18.0 Å². The van der Waals surface area contributed by atoms with Crippen molar-refractivity contribution in [1.29, 1.82) is 0 Å². The minimum atomic E-state index is -1.10. The summed E-state index contributed by atoms with van der Waals surface area (Å²) in [5, 5.41) is 14.8. The molecule has 0 aliphatic heterocycles. The summed E-state index contributed by atoms with van der Waals surface area (Å²) in [5.41, 5.74) is 3.79. The molecule has 2 aromatic rings. The van der Waals surface area contributed by atoms with Crippen LogP contribution in [0.4, 0.5) is 4.79 Å². The smallest absolute Gasteiger partial charge is 0.407 e. The van der Waals surface area contributed by atoms with Crippen molar-refractivity contribution in [2.24, 2.45) is 11.3 Å². The lowest BCUT2D eigenvalue weighted by Crippen LogP contribution is -2.57. The number of carbonyl (C=O) groups excluding carboxylic acids is 2. The summed E-state index contributed by atoms with van der Waals surface area (Å²) in [4.78, 5) is 37.4. The van der Waals surface area contributed by atoms with Gasteiger partial charge in [0.15, 0.2) is 0 Å². The van der Waals surface area contributed by atoms with E-state index in [1.807, 2.05) is 43.3 Å². The quantitative estimate of drug-likeness (QED) is 0.529. The Bertz CT molecular complexity index is 1010. The Hall–Kier alpha value is -3.35. The number of nitrogens with one attached hydrogen (secondary N) is 2. The second-order valence-electron chi connectivity index (χ2n) is 9.98. The van der Waals surface area contributed by atoms with Crippen LogP contribution in [-0.4, -0.2) is 41.8 Å². The van der Waals surface area contributed by atoms with Gasteiger partial charge in [-0.3, -0.25) is 4.79 Å². The SMILES string of the molecule is CCC(C)[C@H](NC(=O)[C@@H](NC(=O)OCC1c2ccccc2-c2ccccc21)C(C)(C)C)C(=O)O. The number of carboxylic acids is 1. The average molecular weight is 467 g/mol. The van der Waals surface area contributed by atoms with Crippen molar-refractivity contribution in [2.45, 2.75) is 59.0 Å². The maximum atomic E-state index is 13.0. The number of hydrogen-bond acceptors (Lipinski definition) is 4. The second kappa shape index (κ2) is 10.3. The Balaban J connectivity index is 1.70. The largest absolute Gasteiger partial charge is 0.480 e. The lowest BCUT2D eigenvalue weighted by Gasteiger charge is -2.32. The van der Waals surface area contributed by atoms with Gasteiger partial charge in [-0.15, -0.1) is 0 Å². The molecule has 3 N–H and O–H groups in total. The number of carboxylic acid groups (broad SMARTS) is 1. The molecule has 0 radical (unpaired) electrons. The molecule has 2 amide bonds. The fourth-order valence-corrected chi connectivity index (χ4v) is 4.35. The number of hydrogen-bond donors (Lipinski definition) is 3. The van der Waals surface area contributed by atoms with Crippen LogP contribution in [0.15, 0.2) is 48.5 Å². The first-order valence-electron chi connectivity index (χ1n) is 11.7. The fourth-order valence-electron chi connectivity index (χ4n) is 4.35. The summed E-state index contributed by atoms with van der Waals surface area (Å²) in [6.07, 6.45) is -0.121. The summed E-state index contributed by atoms with van der Waals surface area (Å²) in [6.45, 7) is 9.18. The van der Waals surface area contributed by atoms with Crippen molar-refractivity contribution in [3.8, 4) is 11.1 Å². The van der Waals surface area contributed by atoms with E-state index < -0.39 is 35.5 Å². The van der Waals surface area contributed by atoms with Crippen LogP contribution >= 0.6 is 0 Å². The van der Waals surface area contributed by atoms with Gasteiger partial charge < -0.3 is 20.5 Å². The van der Waals surface area contributed by atoms with Crippen molar-refractivity contribution in [2.75, 3.05) is 6.61 Å². The van der Waals surface area contributed by atoms with Crippen LogP contribution in [0.3, 0.4) is 0 Å². The molecular weight excluding hydrogens is 432 g/mol. The van der Waals surface area contributed by atoms with E-state index in [-0.39, 0.29) is 18.4 Å². The van der Waals surface area contributed by atoms with Gasteiger partial charge in [0.05, 0.1) is 0 Å². The van der Waals surface area contributed by atoms with E-state index >= 15 is 0 Å². The molecule has 0 spiro atoms. The maximum absolute atomic E-state index is 13.0. The van der Waals surface area contributed by atoms with E-state index in [9.17, 15) is 19.5 Å². The molecule has 7 nitrogen and oxygen atoms in total. The van der Waals surface area contributed by atoms with E-state index in [0.29, 0.717) is 6.42 Å². The molecule has 7 heteroatoms. The third-order valence-electron chi connectivity index (χ3n) is 6.51. The highest BCUT2D eigenvalue weighted by Crippen LogP contribution is 2.44. The third kappa shape index (κ3) is 5.41. The first-order valence-corrected chi connectivity index (χ1v) is 11.7. The molecule has 1 aliphatic carbocycles. The lowest BCUT2D eigenvalue weighted by molar-refractivity contribution is -0.144. The molecule has 0 bridgehead atoms. The maximum Gasteiger partial charge on any atom is 0.407 e. The average Bonchev–Trinajstić information content (AvgIpc) is 3.11. The van der Waals surface area contributed by atoms with Gasteiger partial charge in [0.2, 0.25) is 5.91 Å². The topological polar surface area (TPSA) is 105 Å². The number of amides is 2. The minimum absolute atomic E-state index is 0.0955. The van der Waals surface area contributed by atoms with Crippen LogP contribution in [0.5, 0.6) is 0 Å². The first-order chi connectivity index (χ1) is 16.0. The zero-order valence-electron chi connectivity index (χ0n) is 20.4. The first kappa shape index (κ1) is 25.3. The van der Waals surface area contributed by atoms with Crippen molar-refractivity contribution in [3.63, 3.8) is 0 Å². The monoisotopic (exact) mass is 466 g/mol. The Morgan fingerprint density at radius 2 is 1.50 bits per heavy atom. The Morgan fingerprint density at radius 3 is 1.97 bits per heavy atom. The molecule has 3 atom stereocenters. The van der Waals surface area contributed by atoms with Crippen molar-refractivity contribution in [1.82, 2.24) is 10.6 Å². The van der Waals surface area contributed by atoms with Gasteiger partial charge >= 0.3 is 12.1 Å². The molecule has 182 valence electrons. The van der Waals surface area contributed by atoms with Crippen LogP contribution in [0.25, 0.3) is 11.1 Å². The number of carbonyl (C=O) groups is 3. The Morgan fingerprint density at radius 1 is 0.971 bits per heavy atom. The molecule has 1 unspecified atom stereocenters. The number of ether oxygens (including phenoxy) is 1. The van der Waals surface area contributed by atoms with E-state index in [2.05, 4.69) is 22.8 Å². The number of aliphatic carboxylic acids is 1. The number of fused-ring (bicyclic) bond motifs is 3. The molecule has 2 aromatic carbocycles. The molecule has 0 saturated carbocycles. The highest BCUT2D eigenvalue weighted by atomic mass is 16.5. The number of rotatable bonds is 8. The van der Waals surface area contributed by atoms with Crippen LogP contribution < -0.4 is 10.6 Å². The Labute approximate surface area is 200 Å². The number of benzene rings is 2. The van der Waals surface area contributed by atoms with E-state index in [0.717, 1.165) is 22.3 Å². The van der Waals surface area contributed by atoms with Crippen LogP contribution in [-0.2, 0) is 14.3 Å². The summed E-state index contributed by atoms with van der Waals surface area (Å²) in [6, 6.07) is 14.1. The fraction of sp³-hybridized carbons (Fsp3) is 0.444. The van der Waals surface area contributed by atoms with Gasteiger partial charge in [-0.25, -0.2) is 9.59 Å². The van der Waals surface area contributed by atoms with Crippen LogP contribution in [0.2, 0.25) is 0 Å². The molecule has 0 heterocycles. The molecule has 1 aliphatic rings. The standard InChI is InChI=1S/C27H34N2O5/c1-6-16(2)22(25(31)32)28-24(30)23(27(3,4)5)29-26(33)34-15-21-19-13-9-7-11-17(19)18-12-8-10-14-20(18)21/h7-14,16,21-23H,6,15H2,1-5H3,(H,28,30)(H,29,33)(H,31,32)/t16?,22-,23+/m0/s1. The van der Waals surface area contributed by atoms with Crippen LogP contribution in [0.1, 0.15) is 58.1 Å². The second-order valence-corrected chi connectivity index (χ2v) is 9.98. The predicted octanol–water partition coefficient (Wildman–Crippen LogP) is 4.56. The highest BCUT2D eigenvalue weighted by molar-refractivity contribution is 5.90. The minimum Gasteiger partial charge on any atom is -0.480 e. The van der Waals surface area contributed by atoms with Gasteiger partial charge in [-0.1, -0.05) is 89.6 Å². The summed E-state index contributed by atoms with van der Waals surface area (Å²) in [5.74, 6) is -2.00. The normalized spacial score (nSPS) is 15.4. The number of alkyl carbamates (subject to hydrolysis) is 1. The summed E-state index contributed by atoms with van der Waals surface area (Å²) < 4.78 is 5.59. The van der Waals surface area contributed by atoms with Crippen LogP contribution in [0, 0.1) is 11.3 Å². The van der Waals surface area contributed by atoms with Gasteiger partial charge in [-0.2, -0.15) is 0 Å². The Kier molecular flexibility index (Phi) is 7.64. The van der Waals surface area contributed by atoms with Gasteiger partial charge in [0.25, 0.3) is 0 Å². The summed E-state index contributed by atoms with van der Waals surface area (Å²) in [7, 11) is 0. The van der Waals surface area contributed by atoms with Gasteiger partial charge in [0.1, 0.15) is 18.7 Å². The molecule has 3 rings (SSSR count). The molecule has 0 saturated heterocycles. The van der Waals surface area contributed by atoms with Crippen molar-refractivity contribution < 1.29 is 24.2 Å². The van der Waals surface area contributed by atoms with E-state index in [1.54, 1.807) is 27.7 Å². The molecule has 0 fully saturated rings. The third-order valence-corrected chi connectivity index (χ3v) is 6.51. The predicted molar refractivity (Wildman–Crippen MR) is 130 cm³/mol. The zero-order chi connectivity index (χ0) is 25.0. The van der Waals surface area contributed by atoms with Gasteiger partial charge in [-0.05, 0) is 33.6 Å². The highest BCUT2D eigenvalue weighted by Gasteiger charge is 2.37. The molecular formula is C27H34N2O5. The van der Waals surface area contributed by atoms with E-state index in [4.69, 9.17) is 4.74 Å². The molecule has 0 aromatic heterocycles. The lowest BCUT2D eigenvalue weighted by atomic mass is 9.85. The van der Waals surface area contributed by atoms with E-state index in [1.165, 1.54) is 0 Å². The van der Waals surface area contributed by atoms with Gasteiger partial charge in [0, 0.05) is 5.92 Å². The van der Waals surface area contributed by atoms with Crippen molar-refractivity contribution in [3.05, 3.63) is 59.7 Å². The molecule has 34 heavy (non-hydrogen) atoms. The zero-order valence-corrected chi connectivity index (χ0v) is 20.4.